The SMILES string of the molecule is COCC(O)CN(C)c1nc2ccccc2cc1C(N)=S. The number of anilines is 1. The van der Waals surface area contributed by atoms with Gasteiger partial charge in [-0.25, -0.2) is 4.98 Å². The number of rotatable bonds is 6. The van der Waals surface area contributed by atoms with Crippen LogP contribution in [-0.4, -0.2) is 48.5 Å². The molecule has 0 fully saturated rings. The summed E-state index contributed by atoms with van der Waals surface area (Å²) < 4.78 is 4.94. The molecule has 0 amide bonds. The molecule has 5 nitrogen and oxygen atoms in total. The lowest BCUT2D eigenvalue weighted by atomic mass is 10.1. The van der Waals surface area contributed by atoms with Crippen LogP contribution in [-0.2, 0) is 4.74 Å². The van der Waals surface area contributed by atoms with Crippen LogP contribution in [0.2, 0.25) is 0 Å². The molecule has 1 heterocycles. The van der Waals surface area contributed by atoms with Gasteiger partial charge in [-0.2, -0.15) is 0 Å². The van der Waals surface area contributed by atoms with Crippen molar-refractivity contribution in [2.45, 2.75) is 6.10 Å². The number of para-hydroxylation sites is 1. The van der Waals surface area contributed by atoms with Gasteiger partial charge in [0.25, 0.3) is 0 Å². The van der Waals surface area contributed by atoms with Gasteiger partial charge in [0.2, 0.25) is 0 Å². The zero-order valence-corrected chi connectivity index (χ0v) is 12.9. The maximum Gasteiger partial charge on any atom is 0.139 e. The second kappa shape index (κ2) is 6.80. The monoisotopic (exact) mass is 305 g/mol. The zero-order chi connectivity index (χ0) is 15.4. The van der Waals surface area contributed by atoms with Crippen molar-refractivity contribution in [1.29, 1.82) is 0 Å². The lowest BCUT2D eigenvalue weighted by Gasteiger charge is -2.24. The first-order valence-electron chi connectivity index (χ1n) is 6.60. The van der Waals surface area contributed by atoms with Crippen LogP contribution in [0, 0.1) is 0 Å². The van der Waals surface area contributed by atoms with E-state index in [1.165, 1.54) is 0 Å². The highest BCUT2D eigenvalue weighted by Gasteiger charge is 2.16. The Labute approximate surface area is 129 Å². The number of nitrogens with zero attached hydrogens (tertiary/aromatic N) is 2. The lowest BCUT2D eigenvalue weighted by Crippen LogP contribution is -2.33. The highest BCUT2D eigenvalue weighted by Crippen LogP contribution is 2.23. The molecule has 2 aromatic rings. The van der Waals surface area contributed by atoms with Crippen LogP contribution >= 0.6 is 12.2 Å². The average Bonchev–Trinajstić information content (AvgIpc) is 2.45. The third-order valence-corrected chi connectivity index (χ3v) is 3.39. The minimum Gasteiger partial charge on any atom is -0.389 e. The van der Waals surface area contributed by atoms with Crippen molar-refractivity contribution < 1.29 is 9.84 Å². The minimum atomic E-state index is -0.604. The zero-order valence-electron chi connectivity index (χ0n) is 12.1. The van der Waals surface area contributed by atoms with Crippen LogP contribution < -0.4 is 10.6 Å². The van der Waals surface area contributed by atoms with E-state index in [-0.39, 0.29) is 11.6 Å². The first-order valence-corrected chi connectivity index (χ1v) is 7.01. The number of thiocarbonyl (C=S) groups is 1. The summed E-state index contributed by atoms with van der Waals surface area (Å²) in [5, 5.41) is 10.8. The summed E-state index contributed by atoms with van der Waals surface area (Å²) in [7, 11) is 3.40. The molecule has 3 N–H and O–H groups in total. The number of methoxy groups -OCH3 is 1. The summed E-state index contributed by atoms with van der Waals surface area (Å²) in [4.78, 5) is 6.74. The number of fused-ring (bicyclic) bond motifs is 1. The molecule has 0 spiro atoms. The fourth-order valence-corrected chi connectivity index (χ4v) is 2.38. The number of hydrogen-bond acceptors (Lipinski definition) is 5. The fourth-order valence-electron chi connectivity index (χ4n) is 2.23. The summed E-state index contributed by atoms with van der Waals surface area (Å²) >= 11 is 5.12. The van der Waals surface area contributed by atoms with E-state index < -0.39 is 6.10 Å². The number of pyridine rings is 1. The molecule has 0 bridgehead atoms. The van der Waals surface area contributed by atoms with Gasteiger partial charge in [0.05, 0.1) is 23.8 Å². The number of aliphatic hydroxyl groups is 1. The van der Waals surface area contributed by atoms with Crippen molar-refractivity contribution in [3.8, 4) is 0 Å². The number of aromatic nitrogens is 1. The normalized spacial score (nSPS) is 12.3. The van der Waals surface area contributed by atoms with Gasteiger partial charge in [-0.1, -0.05) is 30.4 Å². The number of nitrogens with two attached hydrogens (primary N) is 1. The summed E-state index contributed by atoms with van der Waals surface area (Å²) in [6, 6.07) is 9.70. The van der Waals surface area contributed by atoms with Gasteiger partial charge in [-0.15, -0.1) is 0 Å². The van der Waals surface area contributed by atoms with Crippen LogP contribution in [0.3, 0.4) is 0 Å². The molecule has 1 aromatic carbocycles. The van der Waals surface area contributed by atoms with Crippen molar-refractivity contribution in [3.63, 3.8) is 0 Å². The van der Waals surface area contributed by atoms with E-state index in [0.717, 1.165) is 10.9 Å². The Morgan fingerprint density at radius 2 is 2.19 bits per heavy atom. The van der Waals surface area contributed by atoms with Crippen LogP contribution in [0.15, 0.2) is 30.3 Å². The first-order chi connectivity index (χ1) is 10.0. The summed E-state index contributed by atoms with van der Waals surface area (Å²) in [5.41, 5.74) is 7.38. The van der Waals surface area contributed by atoms with E-state index in [2.05, 4.69) is 4.98 Å². The highest BCUT2D eigenvalue weighted by molar-refractivity contribution is 7.80. The molecule has 1 unspecified atom stereocenters. The standard InChI is InChI=1S/C15H19N3O2S/c1-18(8-11(19)9-20-2)15-12(14(16)21)7-10-5-3-4-6-13(10)17-15/h3-7,11,19H,8-9H2,1-2H3,(H2,16,21). The second-order valence-electron chi connectivity index (χ2n) is 4.91. The Morgan fingerprint density at radius 3 is 2.86 bits per heavy atom. The second-order valence-corrected chi connectivity index (χ2v) is 5.35. The predicted octanol–water partition coefficient (Wildman–Crippen LogP) is 1.31. The Kier molecular flexibility index (Phi) is 5.06. The minimum absolute atomic E-state index is 0.264. The van der Waals surface area contributed by atoms with E-state index in [9.17, 15) is 5.11 Å². The molecule has 0 saturated carbocycles. The van der Waals surface area contributed by atoms with Crippen LogP contribution in [0.25, 0.3) is 10.9 Å². The van der Waals surface area contributed by atoms with Crippen LogP contribution in [0.1, 0.15) is 5.56 Å². The molecule has 6 heteroatoms. The fraction of sp³-hybridized carbons (Fsp3) is 0.333. The van der Waals surface area contributed by atoms with E-state index >= 15 is 0 Å². The Morgan fingerprint density at radius 1 is 1.48 bits per heavy atom. The highest BCUT2D eigenvalue weighted by atomic mass is 32.1. The number of likely N-dealkylation sites (N-methyl/N-ethyl adjacent to an activating group) is 1. The quantitative estimate of drug-likeness (QED) is 0.784. The third-order valence-electron chi connectivity index (χ3n) is 3.17. The molecule has 0 radical (unpaired) electrons. The Hall–Kier alpha value is -1.76. The van der Waals surface area contributed by atoms with Crippen LogP contribution in [0.5, 0.6) is 0 Å². The largest absolute Gasteiger partial charge is 0.389 e. The molecule has 21 heavy (non-hydrogen) atoms. The van der Waals surface area contributed by atoms with E-state index in [4.69, 9.17) is 22.7 Å². The summed E-state index contributed by atoms with van der Waals surface area (Å²) in [6.07, 6.45) is -0.604. The summed E-state index contributed by atoms with van der Waals surface area (Å²) in [6.45, 7) is 0.648. The van der Waals surface area contributed by atoms with Gasteiger partial charge in [0, 0.05) is 26.1 Å². The molecule has 1 atom stereocenters. The van der Waals surface area contributed by atoms with Gasteiger partial charge in [0.15, 0.2) is 0 Å². The molecule has 0 saturated heterocycles. The maximum absolute atomic E-state index is 9.87. The van der Waals surface area contributed by atoms with Gasteiger partial charge in [0.1, 0.15) is 10.8 Å². The van der Waals surface area contributed by atoms with Crippen molar-refractivity contribution in [2.24, 2.45) is 5.73 Å². The van der Waals surface area contributed by atoms with Gasteiger partial charge < -0.3 is 20.5 Å². The van der Waals surface area contributed by atoms with E-state index in [0.29, 0.717) is 17.9 Å². The smallest absolute Gasteiger partial charge is 0.139 e. The molecular weight excluding hydrogens is 286 g/mol. The molecule has 0 aliphatic heterocycles. The third kappa shape index (κ3) is 3.66. The average molecular weight is 305 g/mol. The number of hydrogen-bond donors (Lipinski definition) is 2. The Bertz CT molecular complexity index is 648. The number of ether oxygens (including phenoxy) is 1. The van der Waals surface area contributed by atoms with Crippen molar-refractivity contribution >= 4 is 33.9 Å². The molecule has 2 rings (SSSR count). The predicted molar refractivity (Wildman–Crippen MR) is 88.8 cm³/mol. The van der Waals surface area contributed by atoms with Crippen molar-refractivity contribution in [3.05, 3.63) is 35.9 Å². The number of aliphatic hydroxyl groups excluding tert-OH is 1. The molecule has 1 aromatic heterocycles. The Balaban J connectivity index is 2.40. The lowest BCUT2D eigenvalue weighted by molar-refractivity contribution is 0.0694. The maximum atomic E-state index is 9.87. The van der Waals surface area contributed by atoms with E-state index in [1.807, 2.05) is 42.3 Å². The van der Waals surface area contributed by atoms with Gasteiger partial charge in [-0.3, -0.25) is 0 Å². The molecular formula is C15H19N3O2S. The first kappa shape index (κ1) is 15.6. The topological polar surface area (TPSA) is 71.6 Å². The van der Waals surface area contributed by atoms with Crippen LogP contribution in [0.4, 0.5) is 5.82 Å². The van der Waals surface area contributed by atoms with Gasteiger partial charge in [-0.05, 0) is 12.1 Å². The van der Waals surface area contributed by atoms with Gasteiger partial charge >= 0.3 is 0 Å². The van der Waals surface area contributed by atoms with E-state index in [1.54, 1.807) is 7.11 Å². The molecule has 112 valence electrons. The van der Waals surface area contributed by atoms with Crippen molar-refractivity contribution in [2.75, 3.05) is 32.2 Å². The summed E-state index contributed by atoms with van der Waals surface area (Å²) in [5.74, 6) is 0.663. The molecule has 0 aliphatic rings. The number of benzene rings is 1. The van der Waals surface area contributed by atoms with Crippen molar-refractivity contribution in [1.82, 2.24) is 4.98 Å². The molecule has 0 aliphatic carbocycles.